The maximum atomic E-state index is 13.3. The van der Waals surface area contributed by atoms with E-state index in [-0.39, 0.29) is 18.7 Å². The van der Waals surface area contributed by atoms with Gasteiger partial charge in [-0.15, -0.1) is 0 Å². The number of carboxylic acid groups (broad SMARTS) is 1. The summed E-state index contributed by atoms with van der Waals surface area (Å²) in [7, 11) is 1.67. The Labute approximate surface area is 97.4 Å². The molecule has 1 aromatic heterocycles. The molecule has 6 nitrogen and oxygen atoms in total. The van der Waals surface area contributed by atoms with Gasteiger partial charge in [0.2, 0.25) is 0 Å². The standard InChI is InChI=1S/C10H14FN3O3/c1-6-8(5-14(2)13-6)9(15)3-7(11)4-12-10(16)17/h5,7,12H,3-4H2,1-2H3,(H,16,17). The highest BCUT2D eigenvalue weighted by atomic mass is 19.1. The third kappa shape index (κ3) is 3.86. The molecule has 0 saturated heterocycles. The molecule has 0 saturated carbocycles. The lowest BCUT2D eigenvalue weighted by Crippen LogP contribution is -2.29. The van der Waals surface area contributed by atoms with Crippen molar-refractivity contribution in [1.82, 2.24) is 15.1 Å². The minimum Gasteiger partial charge on any atom is -0.465 e. The van der Waals surface area contributed by atoms with E-state index < -0.39 is 12.3 Å². The summed E-state index contributed by atoms with van der Waals surface area (Å²) < 4.78 is 14.7. The Morgan fingerprint density at radius 3 is 2.76 bits per heavy atom. The molecule has 1 unspecified atom stereocenters. The molecule has 1 atom stereocenters. The van der Waals surface area contributed by atoms with Gasteiger partial charge in [-0.2, -0.15) is 5.10 Å². The molecule has 7 heteroatoms. The number of carbonyl (C=O) groups excluding carboxylic acids is 1. The first kappa shape index (κ1) is 13.1. The summed E-state index contributed by atoms with van der Waals surface area (Å²) in [6.45, 7) is 1.27. The molecule has 17 heavy (non-hydrogen) atoms. The maximum Gasteiger partial charge on any atom is 0.404 e. The van der Waals surface area contributed by atoms with Gasteiger partial charge in [0.05, 0.1) is 17.8 Å². The second kappa shape index (κ2) is 5.42. The minimum absolute atomic E-state index is 0.354. The number of aromatic nitrogens is 2. The first-order valence-electron chi connectivity index (χ1n) is 5.04. The van der Waals surface area contributed by atoms with Crippen LogP contribution in [0.15, 0.2) is 6.20 Å². The fourth-order valence-corrected chi connectivity index (χ4v) is 1.45. The number of Topliss-reactive ketones (excluding diaryl/α,β-unsaturated/α-hetero) is 1. The van der Waals surface area contributed by atoms with Crippen LogP contribution in [-0.2, 0) is 7.05 Å². The van der Waals surface area contributed by atoms with Gasteiger partial charge < -0.3 is 10.4 Å². The van der Waals surface area contributed by atoms with Crippen LogP contribution in [0.1, 0.15) is 22.5 Å². The molecule has 1 rings (SSSR count). The molecule has 0 aliphatic heterocycles. The molecule has 1 heterocycles. The van der Waals surface area contributed by atoms with Crippen molar-refractivity contribution in [3.8, 4) is 0 Å². The molecular weight excluding hydrogens is 229 g/mol. The zero-order valence-corrected chi connectivity index (χ0v) is 9.61. The van der Waals surface area contributed by atoms with Crippen LogP contribution >= 0.6 is 0 Å². The SMILES string of the molecule is Cc1nn(C)cc1C(=O)CC(F)CNC(=O)O. The van der Waals surface area contributed by atoms with Gasteiger partial charge in [-0.1, -0.05) is 0 Å². The van der Waals surface area contributed by atoms with Crippen LogP contribution in [-0.4, -0.2) is 39.5 Å². The monoisotopic (exact) mass is 243 g/mol. The molecule has 0 aliphatic rings. The lowest BCUT2D eigenvalue weighted by atomic mass is 10.1. The van der Waals surface area contributed by atoms with E-state index in [9.17, 15) is 14.0 Å². The Balaban J connectivity index is 2.54. The number of halogens is 1. The molecule has 1 amide bonds. The van der Waals surface area contributed by atoms with Crippen LogP contribution in [0.3, 0.4) is 0 Å². The summed E-state index contributed by atoms with van der Waals surface area (Å²) in [6.07, 6.45) is -1.67. The van der Waals surface area contributed by atoms with Crippen LogP contribution in [0.2, 0.25) is 0 Å². The van der Waals surface area contributed by atoms with E-state index in [1.807, 2.05) is 5.32 Å². The van der Waals surface area contributed by atoms with Crippen molar-refractivity contribution in [3.05, 3.63) is 17.5 Å². The number of hydrogen-bond acceptors (Lipinski definition) is 3. The number of nitrogens with one attached hydrogen (secondary N) is 1. The number of aryl methyl sites for hydroxylation is 2. The number of amides is 1. The summed E-state index contributed by atoms with van der Waals surface area (Å²) in [4.78, 5) is 21.8. The number of rotatable bonds is 5. The van der Waals surface area contributed by atoms with Gasteiger partial charge in [0.15, 0.2) is 5.78 Å². The summed E-state index contributed by atoms with van der Waals surface area (Å²) in [5.41, 5.74) is 0.904. The molecule has 1 aromatic rings. The summed E-state index contributed by atoms with van der Waals surface area (Å²) in [5, 5.41) is 14.2. The third-order valence-electron chi connectivity index (χ3n) is 2.20. The average molecular weight is 243 g/mol. The Morgan fingerprint density at radius 1 is 1.65 bits per heavy atom. The molecule has 94 valence electrons. The highest BCUT2D eigenvalue weighted by Gasteiger charge is 2.18. The Morgan fingerprint density at radius 2 is 2.29 bits per heavy atom. The van der Waals surface area contributed by atoms with Gasteiger partial charge in [-0.3, -0.25) is 9.48 Å². The van der Waals surface area contributed by atoms with Crippen LogP contribution in [0.4, 0.5) is 9.18 Å². The zero-order chi connectivity index (χ0) is 13.0. The largest absolute Gasteiger partial charge is 0.465 e. The van der Waals surface area contributed by atoms with Crippen LogP contribution in [0.5, 0.6) is 0 Å². The van der Waals surface area contributed by atoms with Crippen molar-refractivity contribution in [2.75, 3.05) is 6.54 Å². The lowest BCUT2D eigenvalue weighted by Gasteiger charge is -2.06. The van der Waals surface area contributed by atoms with Gasteiger partial charge in [-0.25, -0.2) is 9.18 Å². The van der Waals surface area contributed by atoms with E-state index in [4.69, 9.17) is 5.11 Å². The number of ketones is 1. The smallest absolute Gasteiger partial charge is 0.404 e. The molecule has 0 radical (unpaired) electrons. The molecule has 0 bridgehead atoms. The van der Waals surface area contributed by atoms with Gasteiger partial charge in [0.25, 0.3) is 0 Å². The zero-order valence-electron chi connectivity index (χ0n) is 9.61. The lowest BCUT2D eigenvalue weighted by molar-refractivity contribution is 0.0944. The predicted octanol–water partition coefficient (Wildman–Crippen LogP) is 0.907. The highest BCUT2D eigenvalue weighted by Crippen LogP contribution is 2.10. The number of alkyl halides is 1. The Hall–Kier alpha value is -1.92. The number of carbonyl (C=O) groups is 2. The van der Waals surface area contributed by atoms with E-state index in [0.29, 0.717) is 11.3 Å². The summed E-state index contributed by atoms with van der Waals surface area (Å²) >= 11 is 0. The van der Waals surface area contributed by atoms with Crippen molar-refractivity contribution in [3.63, 3.8) is 0 Å². The van der Waals surface area contributed by atoms with E-state index >= 15 is 0 Å². The average Bonchev–Trinajstić information content (AvgIpc) is 2.55. The van der Waals surface area contributed by atoms with Crippen LogP contribution in [0.25, 0.3) is 0 Å². The fourth-order valence-electron chi connectivity index (χ4n) is 1.45. The van der Waals surface area contributed by atoms with Crippen LogP contribution < -0.4 is 5.32 Å². The van der Waals surface area contributed by atoms with E-state index in [2.05, 4.69) is 5.10 Å². The Bertz CT molecular complexity index is 430. The minimum atomic E-state index is -1.53. The van der Waals surface area contributed by atoms with E-state index in [0.717, 1.165) is 0 Å². The van der Waals surface area contributed by atoms with Crippen LogP contribution in [0, 0.1) is 6.92 Å². The van der Waals surface area contributed by atoms with Crippen molar-refractivity contribution < 1.29 is 19.1 Å². The Kier molecular flexibility index (Phi) is 4.19. The quantitative estimate of drug-likeness (QED) is 0.753. The van der Waals surface area contributed by atoms with Gasteiger partial charge >= 0.3 is 6.09 Å². The first-order chi connectivity index (χ1) is 7.90. The predicted molar refractivity (Wildman–Crippen MR) is 57.8 cm³/mol. The molecule has 0 spiro atoms. The van der Waals surface area contributed by atoms with Crippen molar-refractivity contribution >= 4 is 11.9 Å². The van der Waals surface area contributed by atoms with Gasteiger partial charge in [-0.05, 0) is 6.92 Å². The molecular formula is C10H14FN3O3. The van der Waals surface area contributed by atoms with Crippen molar-refractivity contribution in [2.24, 2.45) is 7.05 Å². The van der Waals surface area contributed by atoms with E-state index in [1.165, 1.54) is 10.9 Å². The molecule has 0 aliphatic carbocycles. The third-order valence-corrected chi connectivity index (χ3v) is 2.20. The highest BCUT2D eigenvalue weighted by molar-refractivity contribution is 5.97. The van der Waals surface area contributed by atoms with E-state index in [1.54, 1.807) is 14.0 Å². The number of hydrogen-bond donors (Lipinski definition) is 2. The topological polar surface area (TPSA) is 84.2 Å². The first-order valence-corrected chi connectivity index (χ1v) is 5.04. The van der Waals surface area contributed by atoms with Crippen molar-refractivity contribution in [2.45, 2.75) is 19.5 Å². The van der Waals surface area contributed by atoms with Gasteiger partial charge in [0, 0.05) is 19.7 Å². The second-order valence-corrected chi connectivity index (χ2v) is 3.71. The maximum absolute atomic E-state index is 13.3. The molecule has 0 fully saturated rings. The molecule has 0 aromatic carbocycles. The normalized spacial score (nSPS) is 12.2. The van der Waals surface area contributed by atoms with Gasteiger partial charge in [0.1, 0.15) is 6.17 Å². The summed E-state index contributed by atoms with van der Waals surface area (Å²) in [5.74, 6) is -0.379. The molecule has 2 N–H and O–H groups in total. The fraction of sp³-hybridized carbons (Fsp3) is 0.500. The van der Waals surface area contributed by atoms with Crippen molar-refractivity contribution in [1.29, 1.82) is 0 Å². The number of nitrogens with zero attached hydrogens (tertiary/aromatic N) is 2. The summed E-state index contributed by atoms with van der Waals surface area (Å²) in [6, 6.07) is 0. The second-order valence-electron chi connectivity index (χ2n) is 3.71.